The fraction of sp³-hybridized carbons (Fsp3) is 0.400. The number of carbonyl (C=O) groups excluding carboxylic acids is 1. The Morgan fingerprint density at radius 2 is 2.13 bits per heavy atom. The first-order valence-corrected chi connectivity index (χ1v) is 10.7. The predicted octanol–water partition coefficient (Wildman–Crippen LogP) is 2.91. The van der Waals surface area contributed by atoms with Crippen molar-refractivity contribution in [3.8, 4) is 11.8 Å². The Balaban J connectivity index is 1.77. The van der Waals surface area contributed by atoms with E-state index in [0.29, 0.717) is 35.8 Å². The Morgan fingerprint density at radius 1 is 1.33 bits per heavy atom. The highest BCUT2D eigenvalue weighted by Gasteiger charge is 2.15. The summed E-state index contributed by atoms with van der Waals surface area (Å²) in [6.45, 7) is 6.30. The largest absolute Gasteiger partial charge is 0.463 e. The number of unbranched alkanes of at least 4 members (excludes halogenated alkanes) is 1. The lowest BCUT2D eigenvalue weighted by atomic mass is 10.2. The molecule has 0 aliphatic rings. The summed E-state index contributed by atoms with van der Waals surface area (Å²) in [5.74, 6) is 0.913. The van der Waals surface area contributed by atoms with E-state index in [4.69, 9.17) is 15.2 Å². The van der Waals surface area contributed by atoms with Crippen LogP contribution in [0.4, 0.5) is 5.82 Å². The summed E-state index contributed by atoms with van der Waals surface area (Å²) in [7, 11) is 0. The van der Waals surface area contributed by atoms with Crippen LogP contribution in [0.3, 0.4) is 0 Å². The number of rotatable bonds is 9. The van der Waals surface area contributed by atoms with Gasteiger partial charge in [-0.25, -0.2) is 4.79 Å². The second-order valence-corrected chi connectivity index (χ2v) is 7.88. The van der Waals surface area contributed by atoms with Gasteiger partial charge in [-0.1, -0.05) is 19.4 Å². The standard InChI is InChI=1S/C20H25N5O4S/c1-4-5-9-28-19-23-17(21)16-18(24-19)25(20(27)22-16)8-10-30-15-11-14(29-13(3)26)7-6-12(15)2/h6-7,11H,4-5,8-10H2,1-3H3,(H,22,27)(H2,21,23,24). The molecule has 0 aliphatic heterocycles. The molecule has 0 radical (unpaired) electrons. The minimum absolute atomic E-state index is 0.166. The van der Waals surface area contributed by atoms with Gasteiger partial charge in [0.2, 0.25) is 0 Å². The zero-order chi connectivity index (χ0) is 21.7. The minimum atomic E-state index is -0.366. The van der Waals surface area contributed by atoms with Crippen LogP contribution < -0.4 is 20.9 Å². The highest BCUT2D eigenvalue weighted by molar-refractivity contribution is 7.99. The summed E-state index contributed by atoms with van der Waals surface area (Å²) in [6.07, 6.45) is 1.87. The molecule has 0 saturated carbocycles. The van der Waals surface area contributed by atoms with Crippen molar-refractivity contribution in [1.82, 2.24) is 19.5 Å². The number of nitrogens with zero attached hydrogens (tertiary/aromatic N) is 3. The number of hydrogen-bond acceptors (Lipinski definition) is 8. The number of carbonyl (C=O) groups is 1. The maximum Gasteiger partial charge on any atom is 0.327 e. The second kappa shape index (κ2) is 9.66. The van der Waals surface area contributed by atoms with Crippen molar-refractivity contribution in [2.75, 3.05) is 18.1 Å². The Hall–Kier alpha value is -3.01. The molecule has 10 heteroatoms. The Kier molecular flexibility index (Phi) is 6.99. The number of H-pyrrole nitrogens is 1. The molecule has 3 N–H and O–H groups in total. The molecule has 0 aliphatic carbocycles. The van der Waals surface area contributed by atoms with Gasteiger partial charge in [0.05, 0.1) is 6.61 Å². The van der Waals surface area contributed by atoms with Crippen LogP contribution in [-0.4, -0.2) is 37.8 Å². The second-order valence-electron chi connectivity index (χ2n) is 6.74. The third kappa shape index (κ3) is 5.12. The van der Waals surface area contributed by atoms with Gasteiger partial charge in [-0.15, -0.1) is 11.8 Å². The number of nitrogens with two attached hydrogens (primary N) is 1. The van der Waals surface area contributed by atoms with Gasteiger partial charge in [0, 0.05) is 24.1 Å². The summed E-state index contributed by atoms with van der Waals surface area (Å²) in [5, 5.41) is 0. The van der Waals surface area contributed by atoms with Gasteiger partial charge in [0.15, 0.2) is 11.5 Å². The normalized spacial score (nSPS) is 11.0. The zero-order valence-electron chi connectivity index (χ0n) is 17.2. The number of fused-ring (bicyclic) bond motifs is 1. The van der Waals surface area contributed by atoms with Gasteiger partial charge in [0.25, 0.3) is 0 Å². The quantitative estimate of drug-likeness (QED) is 0.229. The molecular weight excluding hydrogens is 406 g/mol. The number of thioether (sulfide) groups is 1. The molecule has 0 bridgehead atoms. The zero-order valence-corrected chi connectivity index (χ0v) is 18.0. The lowest BCUT2D eigenvalue weighted by molar-refractivity contribution is -0.131. The number of nitrogen functional groups attached to an aromatic ring is 1. The molecule has 3 aromatic rings. The number of esters is 1. The lowest BCUT2D eigenvalue weighted by Crippen LogP contribution is -2.18. The van der Waals surface area contributed by atoms with Gasteiger partial charge >= 0.3 is 17.7 Å². The maximum atomic E-state index is 12.4. The van der Waals surface area contributed by atoms with Crippen LogP contribution in [0.1, 0.15) is 32.3 Å². The van der Waals surface area contributed by atoms with Crippen LogP contribution in [0.15, 0.2) is 27.9 Å². The molecule has 1 aromatic carbocycles. The van der Waals surface area contributed by atoms with Gasteiger partial charge < -0.3 is 20.2 Å². The van der Waals surface area contributed by atoms with Crippen LogP contribution in [0.2, 0.25) is 0 Å². The summed E-state index contributed by atoms with van der Waals surface area (Å²) in [4.78, 5) is 35.8. The van der Waals surface area contributed by atoms with E-state index in [1.54, 1.807) is 17.8 Å². The molecule has 2 heterocycles. The van der Waals surface area contributed by atoms with E-state index in [2.05, 4.69) is 21.9 Å². The number of imidazole rings is 1. The fourth-order valence-electron chi connectivity index (χ4n) is 2.82. The third-order valence-electron chi connectivity index (χ3n) is 4.35. The molecule has 160 valence electrons. The van der Waals surface area contributed by atoms with Crippen molar-refractivity contribution in [3.05, 3.63) is 34.2 Å². The van der Waals surface area contributed by atoms with Crippen LogP contribution >= 0.6 is 11.8 Å². The van der Waals surface area contributed by atoms with E-state index in [-0.39, 0.29) is 23.5 Å². The van der Waals surface area contributed by atoms with Crippen molar-refractivity contribution in [2.24, 2.45) is 0 Å². The number of ether oxygens (including phenoxy) is 2. The van der Waals surface area contributed by atoms with Crippen LogP contribution in [0.25, 0.3) is 11.2 Å². The molecule has 9 nitrogen and oxygen atoms in total. The molecule has 30 heavy (non-hydrogen) atoms. The van der Waals surface area contributed by atoms with E-state index >= 15 is 0 Å². The number of aromatic nitrogens is 4. The number of aromatic amines is 1. The van der Waals surface area contributed by atoms with Gasteiger partial charge in [-0.2, -0.15) is 9.97 Å². The monoisotopic (exact) mass is 431 g/mol. The molecule has 0 spiro atoms. The van der Waals surface area contributed by atoms with Crippen LogP contribution in [-0.2, 0) is 11.3 Å². The summed E-state index contributed by atoms with van der Waals surface area (Å²) < 4.78 is 12.2. The van der Waals surface area contributed by atoms with Gasteiger partial charge in [0.1, 0.15) is 11.3 Å². The van der Waals surface area contributed by atoms with E-state index in [9.17, 15) is 9.59 Å². The molecule has 0 atom stereocenters. The first-order valence-electron chi connectivity index (χ1n) is 9.69. The first kappa shape index (κ1) is 21.7. The fourth-order valence-corrected chi connectivity index (χ4v) is 3.81. The molecule has 0 saturated heterocycles. The molecule has 0 unspecified atom stereocenters. The number of benzene rings is 1. The van der Waals surface area contributed by atoms with Crippen LogP contribution in [0, 0.1) is 6.92 Å². The number of nitrogens with one attached hydrogen (secondary N) is 1. The number of aryl methyl sites for hydroxylation is 2. The minimum Gasteiger partial charge on any atom is -0.463 e. The first-order chi connectivity index (χ1) is 14.4. The van der Waals surface area contributed by atoms with E-state index < -0.39 is 0 Å². The average Bonchev–Trinajstić information content (AvgIpc) is 3.00. The number of hydrogen-bond donors (Lipinski definition) is 2. The molecule has 3 rings (SSSR count). The topological polar surface area (TPSA) is 125 Å². The van der Waals surface area contributed by atoms with Crippen molar-refractivity contribution in [3.63, 3.8) is 0 Å². The SMILES string of the molecule is CCCCOc1nc(N)c2[nH]c(=O)n(CCSc3cc(OC(C)=O)ccc3C)c2n1. The lowest BCUT2D eigenvalue weighted by Gasteiger charge is -2.09. The smallest absolute Gasteiger partial charge is 0.327 e. The van der Waals surface area contributed by atoms with Crippen molar-refractivity contribution >= 4 is 34.7 Å². The Bertz CT molecular complexity index is 1110. The van der Waals surface area contributed by atoms with Gasteiger partial charge in [-0.3, -0.25) is 9.36 Å². The summed E-state index contributed by atoms with van der Waals surface area (Å²) >= 11 is 1.56. The van der Waals surface area contributed by atoms with E-state index in [0.717, 1.165) is 23.3 Å². The molecule has 2 aromatic heterocycles. The highest BCUT2D eigenvalue weighted by Crippen LogP contribution is 2.27. The predicted molar refractivity (Wildman–Crippen MR) is 116 cm³/mol. The van der Waals surface area contributed by atoms with E-state index in [1.165, 1.54) is 11.5 Å². The maximum absolute atomic E-state index is 12.4. The average molecular weight is 432 g/mol. The van der Waals surface area contributed by atoms with Gasteiger partial charge in [-0.05, 0) is 31.0 Å². The molecule has 0 fully saturated rings. The summed E-state index contributed by atoms with van der Waals surface area (Å²) in [5.41, 5.74) is 7.56. The van der Waals surface area contributed by atoms with Crippen molar-refractivity contribution in [2.45, 2.75) is 45.1 Å². The Morgan fingerprint density at radius 3 is 2.87 bits per heavy atom. The van der Waals surface area contributed by atoms with Crippen molar-refractivity contribution in [1.29, 1.82) is 0 Å². The molecular formula is C20H25N5O4S. The summed E-state index contributed by atoms with van der Waals surface area (Å²) in [6, 6.07) is 5.63. The highest BCUT2D eigenvalue weighted by atomic mass is 32.2. The van der Waals surface area contributed by atoms with E-state index in [1.807, 2.05) is 19.1 Å². The third-order valence-corrected chi connectivity index (χ3v) is 5.49. The number of anilines is 1. The van der Waals surface area contributed by atoms with Crippen molar-refractivity contribution < 1.29 is 14.3 Å². The Labute approximate surface area is 178 Å². The van der Waals surface area contributed by atoms with Crippen LogP contribution in [0.5, 0.6) is 11.8 Å². The molecule has 0 amide bonds.